The van der Waals surface area contributed by atoms with Crippen LogP contribution >= 0.6 is 11.3 Å². The lowest BCUT2D eigenvalue weighted by Crippen LogP contribution is -2.31. The van der Waals surface area contributed by atoms with Crippen molar-refractivity contribution in [2.75, 3.05) is 5.32 Å². The maximum absolute atomic E-state index is 12.9. The number of hydrogen-bond acceptors (Lipinski definition) is 7. The summed E-state index contributed by atoms with van der Waals surface area (Å²) >= 11 is 1.34. The normalized spacial score (nSPS) is 11.9. The molecule has 1 N–H and O–H groups in total. The zero-order valence-electron chi connectivity index (χ0n) is 17.4. The summed E-state index contributed by atoms with van der Waals surface area (Å²) in [6, 6.07) is 7.44. The van der Waals surface area contributed by atoms with Gasteiger partial charge in [0.1, 0.15) is 29.0 Å². The SMILES string of the molecule is CC(OC(=O)Cc1csc(COc2ccc(F)cc2)n1)C(=O)Nc1ccnn1C(C)C. The van der Waals surface area contributed by atoms with Crippen LogP contribution in [0, 0.1) is 5.82 Å². The van der Waals surface area contributed by atoms with Gasteiger partial charge in [0, 0.05) is 17.5 Å². The molecule has 164 valence electrons. The van der Waals surface area contributed by atoms with Gasteiger partial charge in [0.05, 0.1) is 18.3 Å². The molecule has 0 bridgehead atoms. The summed E-state index contributed by atoms with van der Waals surface area (Å²) in [7, 11) is 0. The fourth-order valence-corrected chi connectivity index (χ4v) is 3.37. The average molecular weight is 447 g/mol. The van der Waals surface area contributed by atoms with Crippen molar-refractivity contribution in [2.45, 2.75) is 45.9 Å². The number of anilines is 1. The molecule has 1 unspecified atom stereocenters. The van der Waals surface area contributed by atoms with Crippen molar-refractivity contribution in [3.05, 3.63) is 58.4 Å². The number of benzene rings is 1. The Labute approximate surface area is 183 Å². The van der Waals surface area contributed by atoms with Crippen molar-refractivity contribution < 1.29 is 23.5 Å². The highest BCUT2D eigenvalue weighted by Crippen LogP contribution is 2.17. The predicted octanol–water partition coefficient (Wildman–Crippen LogP) is 3.75. The molecule has 0 saturated heterocycles. The zero-order valence-corrected chi connectivity index (χ0v) is 18.2. The monoisotopic (exact) mass is 446 g/mol. The van der Waals surface area contributed by atoms with E-state index in [0.717, 1.165) is 0 Å². The Morgan fingerprint density at radius 1 is 1.19 bits per heavy atom. The summed E-state index contributed by atoms with van der Waals surface area (Å²) in [5.41, 5.74) is 0.526. The predicted molar refractivity (Wildman–Crippen MR) is 113 cm³/mol. The minimum Gasteiger partial charge on any atom is -0.486 e. The molecular formula is C21H23FN4O4S. The first-order valence-electron chi connectivity index (χ1n) is 9.67. The second-order valence-corrected chi connectivity index (χ2v) is 7.97. The van der Waals surface area contributed by atoms with Crippen LogP contribution < -0.4 is 10.1 Å². The van der Waals surface area contributed by atoms with Crippen LogP contribution in [0.5, 0.6) is 5.75 Å². The highest BCUT2D eigenvalue weighted by molar-refractivity contribution is 7.09. The van der Waals surface area contributed by atoms with Crippen LogP contribution in [-0.2, 0) is 27.4 Å². The summed E-state index contributed by atoms with van der Waals surface area (Å²) in [5, 5.41) is 9.26. The lowest BCUT2D eigenvalue weighted by Gasteiger charge is -2.15. The second kappa shape index (κ2) is 10.2. The standard InChI is InChI=1S/C21H23FN4O4S/c1-13(2)26-18(8-9-23-26)25-21(28)14(3)30-20(27)10-16-12-31-19(24-16)11-29-17-6-4-15(22)5-7-17/h4-9,12-14H,10-11H2,1-3H3,(H,25,28). The van der Waals surface area contributed by atoms with Crippen LogP contribution in [0.15, 0.2) is 41.9 Å². The maximum Gasteiger partial charge on any atom is 0.312 e. The summed E-state index contributed by atoms with van der Waals surface area (Å²) in [5.74, 6) is -0.279. The van der Waals surface area contributed by atoms with Gasteiger partial charge in [0.15, 0.2) is 6.10 Å². The van der Waals surface area contributed by atoms with Gasteiger partial charge in [-0.05, 0) is 45.0 Å². The van der Waals surface area contributed by atoms with E-state index in [4.69, 9.17) is 9.47 Å². The highest BCUT2D eigenvalue weighted by Gasteiger charge is 2.20. The second-order valence-electron chi connectivity index (χ2n) is 7.03. The molecule has 8 nitrogen and oxygen atoms in total. The zero-order chi connectivity index (χ0) is 22.4. The van der Waals surface area contributed by atoms with Gasteiger partial charge < -0.3 is 14.8 Å². The van der Waals surface area contributed by atoms with Crippen LogP contribution in [0.2, 0.25) is 0 Å². The van der Waals surface area contributed by atoms with E-state index in [1.165, 1.54) is 42.5 Å². The molecule has 2 aromatic heterocycles. The van der Waals surface area contributed by atoms with Crippen molar-refractivity contribution >= 4 is 29.0 Å². The molecule has 0 aliphatic heterocycles. The van der Waals surface area contributed by atoms with E-state index >= 15 is 0 Å². The van der Waals surface area contributed by atoms with E-state index in [-0.39, 0.29) is 24.9 Å². The number of hydrogen-bond donors (Lipinski definition) is 1. The average Bonchev–Trinajstić information content (AvgIpc) is 3.36. The topological polar surface area (TPSA) is 95.3 Å². The molecular weight excluding hydrogens is 423 g/mol. The van der Waals surface area contributed by atoms with Crippen molar-refractivity contribution in [1.29, 1.82) is 0 Å². The Morgan fingerprint density at radius 3 is 2.65 bits per heavy atom. The molecule has 2 heterocycles. The van der Waals surface area contributed by atoms with Gasteiger partial charge in [0.2, 0.25) is 0 Å². The van der Waals surface area contributed by atoms with Crippen molar-refractivity contribution in [2.24, 2.45) is 0 Å². The first-order chi connectivity index (χ1) is 14.8. The van der Waals surface area contributed by atoms with Crippen LogP contribution in [0.1, 0.15) is 37.5 Å². The third-order valence-corrected chi connectivity index (χ3v) is 5.06. The quantitative estimate of drug-likeness (QED) is 0.503. The minimum absolute atomic E-state index is 0.0609. The number of carbonyl (C=O) groups excluding carboxylic acids is 2. The summed E-state index contributed by atoms with van der Waals surface area (Å²) in [4.78, 5) is 28.9. The molecule has 0 aliphatic carbocycles. The molecule has 1 aromatic carbocycles. The van der Waals surface area contributed by atoms with E-state index in [2.05, 4.69) is 15.4 Å². The van der Waals surface area contributed by atoms with Gasteiger partial charge in [-0.15, -0.1) is 11.3 Å². The Hall–Kier alpha value is -3.27. The molecule has 1 amide bonds. The van der Waals surface area contributed by atoms with Gasteiger partial charge in [-0.25, -0.2) is 14.1 Å². The molecule has 1 atom stereocenters. The third kappa shape index (κ3) is 6.35. The summed E-state index contributed by atoms with van der Waals surface area (Å²) in [6.07, 6.45) is 0.559. The number of ether oxygens (including phenoxy) is 2. The fourth-order valence-electron chi connectivity index (χ4n) is 2.67. The number of amides is 1. The molecule has 0 saturated carbocycles. The molecule has 10 heteroatoms. The van der Waals surface area contributed by atoms with E-state index in [0.29, 0.717) is 22.3 Å². The minimum atomic E-state index is -0.970. The van der Waals surface area contributed by atoms with Gasteiger partial charge in [0.25, 0.3) is 5.91 Å². The lowest BCUT2D eigenvalue weighted by molar-refractivity contribution is -0.152. The Balaban J connectivity index is 1.47. The number of thiazole rings is 1. The smallest absolute Gasteiger partial charge is 0.312 e. The molecule has 0 radical (unpaired) electrons. The van der Waals surface area contributed by atoms with E-state index in [1.807, 2.05) is 13.8 Å². The van der Waals surface area contributed by atoms with Gasteiger partial charge in [-0.1, -0.05) is 0 Å². The van der Waals surface area contributed by atoms with Gasteiger partial charge >= 0.3 is 5.97 Å². The number of nitrogens with one attached hydrogen (secondary N) is 1. The van der Waals surface area contributed by atoms with E-state index < -0.39 is 18.0 Å². The number of aromatic nitrogens is 3. The Bertz CT molecular complexity index is 1030. The number of carbonyl (C=O) groups is 2. The largest absolute Gasteiger partial charge is 0.486 e. The first-order valence-corrected chi connectivity index (χ1v) is 10.5. The maximum atomic E-state index is 12.9. The molecule has 0 fully saturated rings. The number of esters is 1. The lowest BCUT2D eigenvalue weighted by atomic mass is 10.3. The van der Waals surface area contributed by atoms with Crippen molar-refractivity contribution in [3.8, 4) is 5.75 Å². The Morgan fingerprint density at radius 2 is 1.94 bits per heavy atom. The number of halogens is 1. The number of rotatable bonds is 9. The first kappa shape index (κ1) is 22.4. The van der Waals surface area contributed by atoms with Crippen LogP contribution in [0.3, 0.4) is 0 Å². The van der Waals surface area contributed by atoms with E-state index in [9.17, 15) is 14.0 Å². The summed E-state index contributed by atoms with van der Waals surface area (Å²) in [6.45, 7) is 5.60. The van der Waals surface area contributed by atoms with E-state index in [1.54, 1.807) is 22.3 Å². The van der Waals surface area contributed by atoms with Crippen LogP contribution in [-0.4, -0.2) is 32.7 Å². The molecule has 0 aliphatic rings. The van der Waals surface area contributed by atoms with Crippen LogP contribution in [0.25, 0.3) is 0 Å². The summed E-state index contributed by atoms with van der Waals surface area (Å²) < 4.78 is 25.4. The fraction of sp³-hybridized carbons (Fsp3) is 0.333. The third-order valence-electron chi connectivity index (χ3n) is 4.19. The van der Waals surface area contributed by atoms with Crippen molar-refractivity contribution in [1.82, 2.24) is 14.8 Å². The highest BCUT2D eigenvalue weighted by atomic mass is 32.1. The van der Waals surface area contributed by atoms with Gasteiger partial charge in [-0.2, -0.15) is 5.10 Å². The number of nitrogens with zero attached hydrogens (tertiary/aromatic N) is 3. The Kier molecular flexibility index (Phi) is 7.35. The molecule has 0 spiro atoms. The molecule has 3 rings (SSSR count). The molecule has 31 heavy (non-hydrogen) atoms. The van der Waals surface area contributed by atoms with Crippen molar-refractivity contribution in [3.63, 3.8) is 0 Å². The molecule has 3 aromatic rings. The van der Waals surface area contributed by atoms with Gasteiger partial charge in [-0.3, -0.25) is 9.59 Å². The van der Waals surface area contributed by atoms with Crippen LogP contribution in [0.4, 0.5) is 10.2 Å².